The van der Waals surface area contributed by atoms with Gasteiger partial charge in [-0.1, -0.05) is 30.3 Å². The van der Waals surface area contributed by atoms with E-state index >= 15 is 0 Å². The first-order valence-electron chi connectivity index (χ1n) is 8.69. The number of piperidine rings is 1. The molecule has 1 amide bonds. The minimum Gasteiger partial charge on any atom is -0.469 e. The van der Waals surface area contributed by atoms with Crippen LogP contribution in [0.3, 0.4) is 0 Å². The molecule has 0 aromatic heterocycles. The third-order valence-electron chi connectivity index (χ3n) is 4.75. The van der Waals surface area contributed by atoms with Crippen molar-refractivity contribution < 1.29 is 14.3 Å². The highest BCUT2D eigenvalue weighted by Gasteiger charge is 2.26. The van der Waals surface area contributed by atoms with Gasteiger partial charge in [-0.3, -0.25) is 9.59 Å². The Morgan fingerprint density at radius 3 is 2.71 bits per heavy atom. The monoisotopic (exact) mass is 332 g/mol. The van der Waals surface area contributed by atoms with Crippen LogP contribution >= 0.6 is 0 Å². The van der Waals surface area contributed by atoms with E-state index in [-0.39, 0.29) is 30.8 Å². The Morgan fingerprint density at radius 2 is 2.00 bits per heavy atom. The first kappa shape index (κ1) is 18.5. The largest absolute Gasteiger partial charge is 0.469 e. The summed E-state index contributed by atoms with van der Waals surface area (Å²) in [5, 5.41) is 0. The third kappa shape index (κ3) is 5.64. The number of hydrogen-bond acceptors (Lipinski definition) is 4. The van der Waals surface area contributed by atoms with Crippen LogP contribution in [-0.2, 0) is 20.7 Å². The maximum atomic E-state index is 12.2. The zero-order chi connectivity index (χ0) is 17.4. The lowest BCUT2D eigenvalue weighted by molar-refractivity contribution is -0.144. The number of methoxy groups -OCH3 is 1. The second-order valence-corrected chi connectivity index (χ2v) is 6.41. The van der Waals surface area contributed by atoms with E-state index in [1.165, 1.54) is 12.7 Å². The summed E-state index contributed by atoms with van der Waals surface area (Å²) in [5.74, 6) is -0.305. The molecular weight excluding hydrogens is 304 g/mol. The van der Waals surface area contributed by atoms with E-state index in [1.54, 1.807) is 0 Å². The molecule has 5 nitrogen and oxygen atoms in total. The summed E-state index contributed by atoms with van der Waals surface area (Å²) in [5.41, 5.74) is 1.35. The van der Waals surface area contributed by atoms with Gasteiger partial charge in [-0.15, -0.1) is 0 Å². The molecule has 1 atom stereocenters. The Morgan fingerprint density at radius 1 is 1.25 bits per heavy atom. The van der Waals surface area contributed by atoms with E-state index in [0.29, 0.717) is 0 Å². The molecule has 1 aliphatic heterocycles. The standard InChI is InChI=1S/C19H28N2O3/c1-20(18(22)10-11-19(23)24-2)17-9-6-13-21(15-17)14-12-16-7-4-3-5-8-16/h3-5,7-8,17H,6,9-15H2,1-2H3. The molecule has 132 valence electrons. The predicted octanol–water partition coefficient (Wildman–Crippen LogP) is 2.11. The Labute approximate surface area is 144 Å². The molecule has 5 heteroatoms. The van der Waals surface area contributed by atoms with Gasteiger partial charge in [-0.2, -0.15) is 0 Å². The van der Waals surface area contributed by atoms with Crippen LogP contribution < -0.4 is 0 Å². The van der Waals surface area contributed by atoms with Gasteiger partial charge >= 0.3 is 5.97 Å². The van der Waals surface area contributed by atoms with Crippen molar-refractivity contribution in [2.75, 3.05) is 33.8 Å². The number of ether oxygens (including phenoxy) is 1. The van der Waals surface area contributed by atoms with Crippen LogP contribution in [0.4, 0.5) is 0 Å². The average Bonchev–Trinajstić information content (AvgIpc) is 2.64. The van der Waals surface area contributed by atoms with Crippen molar-refractivity contribution in [1.82, 2.24) is 9.80 Å². The summed E-state index contributed by atoms with van der Waals surface area (Å²) in [4.78, 5) is 27.7. The molecule has 1 aromatic rings. The molecule has 1 fully saturated rings. The van der Waals surface area contributed by atoms with E-state index in [1.807, 2.05) is 18.0 Å². The molecule has 0 spiro atoms. The van der Waals surface area contributed by atoms with Crippen molar-refractivity contribution in [2.45, 2.75) is 38.1 Å². The van der Waals surface area contributed by atoms with E-state index in [4.69, 9.17) is 0 Å². The Kier molecular flexibility index (Phi) is 7.25. The van der Waals surface area contributed by atoms with E-state index in [0.717, 1.165) is 38.9 Å². The van der Waals surface area contributed by atoms with Crippen LogP contribution in [0.25, 0.3) is 0 Å². The van der Waals surface area contributed by atoms with Gasteiger partial charge in [-0.05, 0) is 31.4 Å². The van der Waals surface area contributed by atoms with Crippen LogP contribution in [0.1, 0.15) is 31.2 Å². The summed E-state index contributed by atoms with van der Waals surface area (Å²) in [6.07, 6.45) is 3.55. The quantitative estimate of drug-likeness (QED) is 0.718. The van der Waals surface area contributed by atoms with Crippen molar-refractivity contribution in [3.8, 4) is 0 Å². The van der Waals surface area contributed by atoms with E-state index in [2.05, 4.69) is 33.9 Å². The van der Waals surface area contributed by atoms with Crippen molar-refractivity contribution in [2.24, 2.45) is 0 Å². The topological polar surface area (TPSA) is 49.9 Å². The van der Waals surface area contributed by atoms with Gasteiger partial charge in [0, 0.05) is 32.6 Å². The number of carbonyl (C=O) groups is 2. The zero-order valence-electron chi connectivity index (χ0n) is 14.7. The third-order valence-corrected chi connectivity index (χ3v) is 4.75. The Bertz CT molecular complexity index is 533. The van der Waals surface area contributed by atoms with Crippen molar-refractivity contribution in [3.63, 3.8) is 0 Å². The minimum atomic E-state index is -0.329. The fourth-order valence-electron chi connectivity index (χ4n) is 3.17. The molecule has 1 aromatic carbocycles. The molecule has 1 heterocycles. The maximum absolute atomic E-state index is 12.2. The lowest BCUT2D eigenvalue weighted by Gasteiger charge is -2.37. The van der Waals surface area contributed by atoms with Gasteiger partial charge in [0.1, 0.15) is 0 Å². The normalized spacial score (nSPS) is 18.2. The Balaban J connectivity index is 1.78. The second kappa shape index (κ2) is 9.42. The second-order valence-electron chi connectivity index (χ2n) is 6.41. The number of benzene rings is 1. The van der Waals surface area contributed by atoms with Crippen LogP contribution in [0.2, 0.25) is 0 Å². The summed E-state index contributed by atoms with van der Waals surface area (Å²) >= 11 is 0. The number of rotatable bonds is 7. The molecule has 1 saturated heterocycles. The predicted molar refractivity (Wildman–Crippen MR) is 93.6 cm³/mol. The van der Waals surface area contributed by atoms with Gasteiger partial charge in [-0.25, -0.2) is 0 Å². The fourth-order valence-corrected chi connectivity index (χ4v) is 3.17. The van der Waals surface area contributed by atoms with Crippen molar-refractivity contribution >= 4 is 11.9 Å². The summed E-state index contributed by atoms with van der Waals surface area (Å²) < 4.78 is 4.60. The van der Waals surface area contributed by atoms with Crippen LogP contribution in [0.5, 0.6) is 0 Å². The smallest absolute Gasteiger partial charge is 0.306 e. The van der Waals surface area contributed by atoms with Crippen molar-refractivity contribution in [1.29, 1.82) is 0 Å². The molecular formula is C19H28N2O3. The number of amides is 1. The number of likely N-dealkylation sites (N-methyl/N-ethyl adjacent to an activating group) is 1. The minimum absolute atomic E-state index is 0.0234. The average molecular weight is 332 g/mol. The molecule has 0 saturated carbocycles. The van der Waals surface area contributed by atoms with Gasteiger partial charge in [0.2, 0.25) is 5.91 Å². The highest BCUT2D eigenvalue weighted by molar-refractivity contribution is 5.81. The SMILES string of the molecule is COC(=O)CCC(=O)N(C)C1CCCN(CCc2ccccc2)C1. The summed E-state index contributed by atoms with van der Waals surface area (Å²) in [6, 6.07) is 10.7. The van der Waals surface area contributed by atoms with Crippen LogP contribution in [-0.4, -0.2) is 61.5 Å². The molecule has 1 unspecified atom stereocenters. The first-order chi connectivity index (χ1) is 11.6. The molecule has 0 aliphatic carbocycles. The highest BCUT2D eigenvalue weighted by Crippen LogP contribution is 2.16. The highest BCUT2D eigenvalue weighted by atomic mass is 16.5. The zero-order valence-corrected chi connectivity index (χ0v) is 14.7. The van der Waals surface area contributed by atoms with Crippen LogP contribution in [0.15, 0.2) is 30.3 Å². The summed E-state index contributed by atoms with van der Waals surface area (Å²) in [7, 11) is 3.20. The van der Waals surface area contributed by atoms with Gasteiger partial charge in [0.05, 0.1) is 13.5 Å². The van der Waals surface area contributed by atoms with E-state index in [9.17, 15) is 9.59 Å². The molecule has 0 bridgehead atoms. The molecule has 0 radical (unpaired) electrons. The number of carbonyl (C=O) groups excluding carboxylic acids is 2. The van der Waals surface area contributed by atoms with Gasteiger partial charge in [0.25, 0.3) is 0 Å². The molecule has 2 rings (SSSR count). The first-order valence-corrected chi connectivity index (χ1v) is 8.69. The molecule has 0 N–H and O–H groups in total. The number of likely N-dealkylation sites (tertiary alicyclic amines) is 1. The number of nitrogens with zero attached hydrogens (tertiary/aromatic N) is 2. The van der Waals surface area contributed by atoms with E-state index < -0.39 is 0 Å². The number of esters is 1. The lowest BCUT2D eigenvalue weighted by Crippen LogP contribution is -2.49. The number of hydrogen-bond donors (Lipinski definition) is 0. The molecule has 1 aliphatic rings. The molecule has 24 heavy (non-hydrogen) atoms. The van der Waals surface area contributed by atoms with Gasteiger partial charge < -0.3 is 14.5 Å². The maximum Gasteiger partial charge on any atom is 0.306 e. The Hall–Kier alpha value is -1.88. The summed E-state index contributed by atoms with van der Waals surface area (Å²) in [6.45, 7) is 3.02. The van der Waals surface area contributed by atoms with Crippen LogP contribution in [0, 0.1) is 0 Å². The van der Waals surface area contributed by atoms with Gasteiger partial charge in [0.15, 0.2) is 0 Å². The van der Waals surface area contributed by atoms with Crippen molar-refractivity contribution in [3.05, 3.63) is 35.9 Å². The lowest BCUT2D eigenvalue weighted by atomic mass is 10.0. The fraction of sp³-hybridized carbons (Fsp3) is 0.579.